The van der Waals surface area contributed by atoms with Crippen molar-refractivity contribution in [2.75, 3.05) is 26.2 Å². The molecule has 132 valence electrons. The first-order valence-electron chi connectivity index (χ1n) is 8.85. The topological polar surface area (TPSA) is 36.4 Å². The summed E-state index contributed by atoms with van der Waals surface area (Å²) in [6, 6.07) is 18.5. The number of amides is 1. The Hall–Kier alpha value is -2.50. The fourth-order valence-corrected chi connectivity index (χ4v) is 4.28. The van der Waals surface area contributed by atoms with E-state index in [1.807, 2.05) is 22.3 Å². The molecule has 2 aromatic heterocycles. The van der Waals surface area contributed by atoms with Crippen molar-refractivity contribution in [2.45, 2.75) is 6.54 Å². The van der Waals surface area contributed by atoms with Crippen molar-refractivity contribution in [2.24, 2.45) is 0 Å². The molecular formula is C21H21N3OS. The van der Waals surface area contributed by atoms with Crippen molar-refractivity contribution in [1.29, 1.82) is 0 Å². The molecule has 0 N–H and O–H groups in total. The molecule has 0 unspecified atom stereocenters. The van der Waals surface area contributed by atoms with E-state index in [-0.39, 0.29) is 5.91 Å². The molecule has 1 aliphatic heterocycles. The normalized spacial score (nSPS) is 15.2. The summed E-state index contributed by atoms with van der Waals surface area (Å²) in [6.45, 7) is 4.33. The van der Waals surface area contributed by atoms with E-state index in [9.17, 15) is 4.79 Å². The maximum Gasteiger partial charge on any atom is 0.254 e. The number of piperazine rings is 1. The number of benzene rings is 1. The number of carbonyl (C=O) groups excluding carboxylic acids is 1. The van der Waals surface area contributed by atoms with Gasteiger partial charge in [-0.3, -0.25) is 14.7 Å². The minimum atomic E-state index is 0.106. The molecule has 1 aliphatic rings. The molecule has 1 amide bonds. The van der Waals surface area contributed by atoms with Crippen molar-refractivity contribution >= 4 is 17.2 Å². The lowest BCUT2D eigenvalue weighted by Gasteiger charge is -2.34. The first-order chi connectivity index (χ1) is 12.8. The van der Waals surface area contributed by atoms with Gasteiger partial charge in [-0.1, -0.05) is 30.3 Å². The van der Waals surface area contributed by atoms with Crippen LogP contribution in [0.2, 0.25) is 0 Å². The average Bonchev–Trinajstić information content (AvgIpc) is 3.18. The third-order valence-electron chi connectivity index (χ3n) is 4.69. The maximum atomic E-state index is 12.5. The number of thiophene rings is 1. The Labute approximate surface area is 157 Å². The van der Waals surface area contributed by atoms with Gasteiger partial charge in [-0.2, -0.15) is 0 Å². The highest BCUT2D eigenvalue weighted by Crippen LogP contribution is 2.28. The fourth-order valence-electron chi connectivity index (χ4n) is 3.23. The standard InChI is InChI=1S/C21H21N3OS/c25-21(18-8-10-22-11-9-18)24-14-12-23(13-15-24)16-19-6-7-20(26-19)17-4-2-1-3-5-17/h1-11H,12-16H2. The molecule has 3 aromatic rings. The van der Waals surface area contributed by atoms with Crippen molar-refractivity contribution in [3.8, 4) is 10.4 Å². The molecule has 0 radical (unpaired) electrons. The maximum absolute atomic E-state index is 12.5. The second-order valence-electron chi connectivity index (χ2n) is 6.44. The van der Waals surface area contributed by atoms with Gasteiger partial charge in [0.05, 0.1) is 0 Å². The van der Waals surface area contributed by atoms with Gasteiger partial charge in [0.25, 0.3) is 5.91 Å². The van der Waals surface area contributed by atoms with Gasteiger partial charge in [0, 0.05) is 60.4 Å². The van der Waals surface area contributed by atoms with E-state index in [4.69, 9.17) is 0 Å². The smallest absolute Gasteiger partial charge is 0.254 e. The number of carbonyl (C=O) groups is 1. The molecule has 1 aromatic carbocycles. The molecule has 0 saturated carbocycles. The monoisotopic (exact) mass is 363 g/mol. The minimum absolute atomic E-state index is 0.106. The molecule has 0 bridgehead atoms. The molecule has 5 heteroatoms. The Kier molecular flexibility index (Phi) is 5.09. The van der Waals surface area contributed by atoms with Crippen LogP contribution in [0.15, 0.2) is 67.0 Å². The molecule has 1 fully saturated rings. The van der Waals surface area contributed by atoms with Crippen LogP contribution in [0.5, 0.6) is 0 Å². The van der Waals surface area contributed by atoms with Crippen LogP contribution < -0.4 is 0 Å². The highest BCUT2D eigenvalue weighted by atomic mass is 32.1. The molecule has 0 aliphatic carbocycles. The molecule has 0 spiro atoms. The van der Waals surface area contributed by atoms with E-state index < -0.39 is 0 Å². The van der Waals surface area contributed by atoms with Crippen molar-refractivity contribution in [3.63, 3.8) is 0 Å². The van der Waals surface area contributed by atoms with E-state index >= 15 is 0 Å². The highest BCUT2D eigenvalue weighted by molar-refractivity contribution is 7.15. The van der Waals surface area contributed by atoms with E-state index in [1.165, 1.54) is 15.3 Å². The molecular weight excluding hydrogens is 342 g/mol. The predicted molar refractivity (Wildman–Crippen MR) is 105 cm³/mol. The Balaban J connectivity index is 1.33. The Morgan fingerprint density at radius 3 is 2.38 bits per heavy atom. The van der Waals surface area contributed by atoms with Gasteiger partial charge in [0.2, 0.25) is 0 Å². The second-order valence-corrected chi connectivity index (χ2v) is 7.60. The number of rotatable bonds is 4. The summed E-state index contributed by atoms with van der Waals surface area (Å²) in [6.07, 6.45) is 3.34. The van der Waals surface area contributed by atoms with Crippen molar-refractivity contribution < 1.29 is 4.79 Å². The lowest BCUT2D eigenvalue weighted by molar-refractivity contribution is 0.0629. The van der Waals surface area contributed by atoms with Gasteiger partial charge in [0.1, 0.15) is 0 Å². The number of pyridine rings is 1. The first kappa shape index (κ1) is 16.9. The van der Waals surface area contributed by atoms with Crippen LogP contribution in [0, 0.1) is 0 Å². The molecule has 4 rings (SSSR count). The van der Waals surface area contributed by atoms with Gasteiger partial charge in [-0.25, -0.2) is 0 Å². The SMILES string of the molecule is O=C(c1ccncc1)N1CCN(Cc2ccc(-c3ccccc3)s2)CC1. The lowest BCUT2D eigenvalue weighted by atomic mass is 10.2. The van der Waals surface area contributed by atoms with Gasteiger partial charge >= 0.3 is 0 Å². The molecule has 4 nitrogen and oxygen atoms in total. The third-order valence-corrected chi connectivity index (χ3v) is 5.81. The van der Waals surface area contributed by atoms with Gasteiger partial charge in [-0.05, 0) is 29.8 Å². The summed E-state index contributed by atoms with van der Waals surface area (Å²) < 4.78 is 0. The summed E-state index contributed by atoms with van der Waals surface area (Å²) in [5.74, 6) is 0.106. The quantitative estimate of drug-likeness (QED) is 0.708. The zero-order valence-electron chi connectivity index (χ0n) is 14.5. The zero-order chi connectivity index (χ0) is 17.8. The van der Waals surface area contributed by atoms with Crippen molar-refractivity contribution in [1.82, 2.24) is 14.8 Å². The number of hydrogen-bond acceptors (Lipinski definition) is 4. The Morgan fingerprint density at radius 1 is 0.923 bits per heavy atom. The van der Waals surface area contributed by atoms with E-state index in [0.29, 0.717) is 0 Å². The van der Waals surface area contributed by atoms with Crippen LogP contribution in [0.3, 0.4) is 0 Å². The Morgan fingerprint density at radius 2 is 1.65 bits per heavy atom. The molecule has 1 saturated heterocycles. The minimum Gasteiger partial charge on any atom is -0.336 e. The molecule has 0 atom stereocenters. The van der Waals surface area contributed by atoms with Gasteiger partial charge in [0.15, 0.2) is 0 Å². The van der Waals surface area contributed by atoms with Crippen LogP contribution in [0.4, 0.5) is 0 Å². The van der Waals surface area contributed by atoms with E-state index in [2.05, 4.69) is 46.3 Å². The second kappa shape index (κ2) is 7.81. The summed E-state index contributed by atoms with van der Waals surface area (Å²) >= 11 is 1.85. The summed E-state index contributed by atoms with van der Waals surface area (Å²) in [5.41, 5.74) is 2.00. The van der Waals surface area contributed by atoms with Crippen molar-refractivity contribution in [3.05, 3.63) is 77.4 Å². The largest absolute Gasteiger partial charge is 0.336 e. The molecule has 26 heavy (non-hydrogen) atoms. The van der Waals surface area contributed by atoms with Crippen LogP contribution in [-0.2, 0) is 6.54 Å². The summed E-state index contributed by atoms with van der Waals surface area (Å²) in [4.78, 5) is 23.5. The summed E-state index contributed by atoms with van der Waals surface area (Å²) in [7, 11) is 0. The van der Waals surface area contributed by atoms with Crippen LogP contribution in [0.1, 0.15) is 15.2 Å². The zero-order valence-corrected chi connectivity index (χ0v) is 15.4. The van der Waals surface area contributed by atoms with E-state index in [1.54, 1.807) is 24.5 Å². The van der Waals surface area contributed by atoms with Crippen LogP contribution in [0.25, 0.3) is 10.4 Å². The summed E-state index contributed by atoms with van der Waals surface area (Å²) in [5, 5.41) is 0. The number of aromatic nitrogens is 1. The van der Waals surface area contributed by atoms with E-state index in [0.717, 1.165) is 38.3 Å². The fraction of sp³-hybridized carbons (Fsp3) is 0.238. The van der Waals surface area contributed by atoms with Gasteiger partial charge in [-0.15, -0.1) is 11.3 Å². The predicted octanol–water partition coefficient (Wildman–Crippen LogP) is 3.77. The van der Waals surface area contributed by atoms with Gasteiger partial charge < -0.3 is 4.90 Å². The lowest BCUT2D eigenvalue weighted by Crippen LogP contribution is -2.48. The van der Waals surface area contributed by atoms with Crippen LogP contribution >= 0.6 is 11.3 Å². The number of hydrogen-bond donors (Lipinski definition) is 0. The first-order valence-corrected chi connectivity index (χ1v) is 9.67. The third kappa shape index (κ3) is 3.84. The molecule has 3 heterocycles. The highest BCUT2D eigenvalue weighted by Gasteiger charge is 2.22. The van der Waals surface area contributed by atoms with Crippen LogP contribution in [-0.4, -0.2) is 46.9 Å². The average molecular weight is 363 g/mol. The number of nitrogens with zero attached hydrogens (tertiary/aromatic N) is 3. The Bertz CT molecular complexity index is 855.